The van der Waals surface area contributed by atoms with Gasteiger partial charge in [-0.2, -0.15) is 26.3 Å². The van der Waals surface area contributed by atoms with E-state index in [0.29, 0.717) is 0 Å². The molecule has 0 bridgehead atoms. The number of aromatic nitrogens is 1. The van der Waals surface area contributed by atoms with Crippen molar-refractivity contribution in [3.63, 3.8) is 0 Å². The Bertz CT molecular complexity index is 675. The predicted molar refractivity (Wildman–Crippen MR) is 68.9 cm³/mol. The first-order valence-corrected chi connectivity index (χ1v) is 7.16. The molecule has 12 heteroatoms. The van der Waals surface area contributed by atoms with E-state index in [1.165, 1.54) is 24.4 Å². The summed E-state index contributed by atoms with van der Waals surface area (Å²) in [6.07, 6.45) is -12.9. The second-order valence-electron chi connectivity index (χ2n) is 5.77. The molecule has 0 aliphatic carbocycles. The van der Waals surface area contributed by atoms with Gasteiger partial charge < -0.3 is 18.9 Å². The summed E-state index contributed by atoms with van der Waals surface area (Å²) in [6, 6.07) is 4.03. The highest BCUT2D eigenvalue weighted by Crippen LogP contribution is 2.52. The van der Waals surface area contributed by atoms with Gasteiger partial charge in [0.15, 0.2) is 6.10 Å². The monoisotopic (exact) mass is 387 g/mol. The van der Waals surface area contributed by atoms with Crippen molar-refractivity contribution in [1.82, 2.24) is 4.98 Å². The number of alkyl halides is 6. The van der Waals surface area contributed by atoms with Crippen LogP contribution in [0.5, 0.6) is 0 Å². The first kappa shape index (κ1) is 18.7. The Kier molecular flexibility index (Phi) is 4.30. The predicted octanol–water partition coefficient (Wildman–Crippen LogP) is 2.94. The number of pyridine rings is 1. The third-order valence-corrected chi connectivity index (χ3v) is 4.06. The molecule has 1 aromatic rings. The van der Waals surface area contributed by atoms with Crippen LogP contribution in [0.4, 0.5) is 31.1 Å². The Morgan fingerprint density at radius 3 is 2.15 bits per heavy atom. The van der Waals surface area contributed by atoms with Gasteiger partial charge in [0.2, 0.25) is 0 Å². The third kappa shape index (κ3) is 2.86. The zero-order valence-electron chi connectivity index (χ0n) is 12.8. The molecule has 1 aromatic heterocycles. The van der Waals surface area contributed by atoms with Crippen molar-refractivity contribution in [2.75, 3.05) is 19.8 Å². The van der Waals surface area contributed by atoms with Gasteiger partial charge in [-0.15, -0.1) is 0 Å². The van der Waals surface area contributed by atoms with Crippen molar-refractivity contribution in [1.29, 1.82) is 0 Å². The fourth-order valence-corrected chi connectivity index (χ4v) is 2.44. The molecule has 26 heavy (non-hydrogen) atoms. The van der Waals surface area contributed by atoms with Gasteiger partial charge in [-0.05, 0) is 12.1 Å². The smallest absolute Gasteiger partial charge is 0.413 e. The quantitative estimate of drug-likeness (QED) is 0.587. The van der Waals surface area contributed by atoms with Gasteiger partial charge in [-0.3, -0.25) is 4.98 Å². The van der Waals surface area contributed by atoms with Gasteiger partial charge in [0.05, 0.1) is 18.9 Å². The number of hydrogen-bond donors (Lipinski definition) is 0. The second-order valence-corrected chi connectivity index (χ2v) is 5.77. The zero-order chi connectivity index (χ0) is 19.2. The van der Waals surface area contributed by atoms with E-state index in [4.69, 9.17) is 4.74 Å². The van der Waals surface area contributed by atoms with E-state index in [0.717, 1.165) is 0 Å². The summed E-state index contributed by atoms with van der Waals surface area (Å²) >= 11 is 0. The van der Waals surface area contributed by atoms with E-state index in [-0.39, 0.29) is 5.69 Å². The molecule has 0 spiro atoms. The Morgan fingerprint density at radius 1 is 1.08 bits per heavy atom. The molecule has 2 aliphatic heterocycles. The number of carbonyl (C=O) groups is 1. The van der Waals surface area contributed by atoms with Gasteiger partial charge in [-0.25, -0.2) is 4.79 Å². The first-order chi connectivity index (χ1) is 12.0. The van der Waals surface area contributed by atoms with Crippen molar-refractivity contribution in [2.45, 2.75) is 29.7 Å². The van der Waals surface area contributed by atoms with Crippen LogP contribution in [0.3, 0.4) is 0 Å². The standard InChI is InChI=1S/C14H11F6NO5/c15-13(16,17)11(5-23-6-11)25-10(22)26-12(14(18,19)20)7-24-9(12)8-3-1-2-4-21-8/h1-4,9H,5-7H2. The van der Waals surface area contributed by atoms with Crippen molar-refractivity contribution < 1.29 is 50.1 Å². The van der Waals surface area contributed by atoms with Crippen LogP contribution in [-0.2, 0) is 18.9 Å². The maximum Gasteiger partial charge on any atom is 0.510 e. The molecular weight excluding hydrogens is 376 g/mol. The van der Waals surface area contributed by atoms with Crippen molar-refractivity contribution >= 4 is 6.16 Å². The van der Waals surface area contributed by atoms with Crippen molar-refractivity contribution in [3.05, 3.63) is 30.1 Å². The minimum atomic E-state index is -5.13. The lowest BCUT2D eigenvalue weighted by Gasteiger charge is -2.48. The van der Waals surface area contributed by atoms with E-state index in [1.807, 2.05) is 0 Å². The lowest BCUT2D eigenvalue weighted by atomic mass is 9.88. The molecule has 2 fully saturated rings. The summed E-state index contributed by atoms with van der Waals surface area (Å²) in [7, 11) is 0. The molecule has 0 aromatic carbocycles. The second kappa shape index (κ2) is 5.98. The molecule has 0 amide bonds. The molecule has 0 radical (unpaired) electrons. The largest absolute Gasteiger partial charge is 0.510 e. The average Bonchev–Trinajstić information content (AvgIpc) is 2.46. The summed E-state index contributed by atoms with van der Waals surface area (Å²) in [6.45, 7) is -3.14. The number of ether oxygens (including phenoxy) is 4. The summed E-state index contributed by atoms with van der Waals surface area (Å²) < 4.78 is 97.1. The summed E-state index contributed by atoms with van der Waals surface area (Å²) in [5.41, 5.74) is -6.42. The highest BCUT2D eigenvalue weighted by atomic mass is 19.4. The van der Waals surface area contributed by atoms with Gasteiger partial charge in [-0.1, -0.05) is 6.07 Å². The van der Waals surface area contributed by atoms with Crippen LogP contribution in [0.1, 0.15) is 11.8 Å². The highest BCUT2D eigenvalue weighted by molar-refractivity contribution is 5.62. The van der Waals surface area contributed by atoms with Crippen LogP contribution in [-0.4, -0.2) is 54.5 Å². The van der Waals surface area contributed by atoms with Crippen molar-refractivity contribution in [2.24, 2.45) is 0 Å². The number of rotatable bonds is 3. The maximum absolute atomic E-state index is 13.5. The molecule has 2 atom stereocenters. The Morgan fingerprint density at radius 2 is 1.77 bits per heavy atom. The molecule has 2 unspecified atom stereocenters. The van der Waals surface area contributed by atoms with Gasteiger partial charge in [0, 0.05) is 6.20 Å². The molecule has 6 nitrogen and oxygen atoms in total. The minimum absolute atomic E-state index is 0.193. The molecule has 144 valence electrons. The normalized spacial score (nSPS) is 27.8. The van der Waals surface area contributed by atoms with Crippen molar-refractivity contribution in [3.8, 4) is 0 Å². The molecule has 2 saturated heterocycles. The summed E-state index contributed by atoms with van der Waals surface area (Å²) in [4.78, 5) is 15.5. The SMILES string of the molecule is O=C(OC1(C(F)(F)F)COC1)OC1(C(F)(F)F)COC1c1ccccn1. The van der Waals surface area contributed by atoms with Crippen LogP contribution in [0.25, 0.3) is 0 Å². The van der Waals surface area contributed by atoms with E-state index in [2.05, 4.69) is 19.2 Å². The molecule has 0 saturated carbocycles. The lowest BCUT2D eigenvalue weighted by molar-refractivity contribution is -0.381. The van der Waals surface area contributed by atoms with Gasteiger partial charge in [0.25, 0.3) is 11.2 Å². The Hall–Kier alpha value is -2.08. The van der Waals surface area contributed by atoms with Crippen LogP contribution in [0.2, 0.25) is 0 Å². The molecule has 2 aliphatic rings. The van der Waals surface area contributed by atoms with Crippen LogP contribution >= 0.6 is 0 Å². The average molecular weight is 387 g/mol. The molecule has 3 heterocycles. The first-order valence-electron chi connectivity index (χ1n) is 7.16. The molecular formula is C14H11F6NO5. The van der Waals surface area contributed by atoms with Crippen LogP contribution in [0.15, 0.2) is 24.4 Å². The van der Waals surface area contributed by atoms with Crippen LogP contribution in [0, 0.1) is 0 Å². The number of halogens is 6. The maximum atomic E-state index is 13.5. The number of hydrogen-bond acceptors (Lipinski definition) is 6. The van der Waals surface area contributed by atoms with Crippen LogP contribution < -0.4 is 0 Å². The highest BCUT2D eigenvalue weighted by Gasteiger charge is 2.72. The third-order valence-electron chi connectivity index (χ3n) is 4.06. The minimum Gasteiger partial charge on any atom is -0.413 e. The molecule has 3 rings (SSSR count). The number of carbonyl (C=O) groups excluding carboxylic acids is 1. The zero-order valence-corrected chi connectivity index (χ0v) is 12.8. The van der Waals surface area contributed by atoms with E-state index >= 15 is 0 Å². The fourth-order valence-electron chi connectivity index (χ4n) is 2.44. The fraction of sp³-hybridized carbons (Fsp3) is 0.571. The Labute approximate surface area is 142 Å². The van der Waals surface area contributed by atoms with Gasteiger partial charge >= 0.3 is 18.5 Å². The van der Waals surface area contributed by atoms with Gasteiger partial charge in [0.1, 0.15) is 6.61 Å². The Balaban J connectivity index is 1.81. The summed E-state index contributed by atoms with van der Waals surface area (Å²) in [5, 5.41) is 0. The van der Waals surface area contributed by atoms with E-state index in [9.17, 15) is 31.1 Å². The topological polar surface area (TPSA) is 66.9 Å². The van der Waals surface area contributed by atoms with E-state index in [1.54, 1.807) is 0 Å². The number of nitrogens with zero attached hydrogens (tertiary/aromatic N) is 1. The molecule has 0 N–H and O–H groups in total. The van der Waals surface area contributed by atoms with E-state index < -0.39 is 55.6 Å². The lowest BCUT2D eigenvalue weighted by Crippen LogP contribution is -2.67. The summed E-state index contributed by atoms with van der Waals surface area (Å²) in [5.74, 6) is 0.